The van der Waals surface area contributed by atoms with E-state index in [0.29, 0.717) is 34.9 Å². The van der Waals surface area contributed by atoms with Crippen molar-refractivity contribution in [2.75, 3.05) is 31.2 Å². The Morgan fingerprint density at radius 2 is 2.00 bits per heavy atom. The summed E-state index contributed by atoms with van der Waals surface area (Å²) >= 11 is 1.42. The van der Waals surface area contributed by atoms with Crippen LogP contribution in [0.2, 0.25) is 0 Å². The van der Waals surface area contributed by atoms with Crippen molar-refractivity contribution in [2.45, 2.75) is 6.54 Å². The van der Waals surface area contributed by atoms with Gasteiger partial charge in [-0.05, 0) is 24.3 Å². The van der Waals surface area contributed by atoms with Gasteiger partial charge in [-0.3, -0.25) is 14.0 Å². The average Bonchev–Trinajstić information content (AvgIpc) is 3.46. The molecule has 1 N–H and O–H groups in total. The van der Waals surface area contributed by atoms with E-state index in [0.717, 1.165) is 29.1 Å². The number of nitrogens with one attached hydrogen (secondary N) is 1. The summed E-state index contributed by atoms with van der Waals surface area (Å²) in [6.45, 7) is 3.01. The number of para-hydroxylation sites is 1. The van der Waals surface area contributed by atoms with Crippen molar-refractivity contribution in [1.82, 2.24) is 24.3 Å². The largest absolute Gasteiger partial charge is 0.378 e. The number of carbonyl (C=O) groups excluding carboxylic acids is 1. The van der Waals surface area contributed by atoms with Gasteiger partial charge in [0.05, 0.1) is 35.4 Å². The number of hydrogen-bond acceptors (Lipinski definition) is 7. The normalized spacial score (nSPS) is 14.3. The number of pyridine rings is 2. The molecule has 9 nitrogen and oxygen atoms in total. The second kappa shape index (κ2) is 8.23. The van der Waals surface area contributed by atoms with E-state index in [1.807, 2.05) is 52.5 Å². The molecule has 5 aromatic rings. The number of carbonyl (C=O) groups is 1. The average molecular weight is 475 g/mol. The fourth-order valence-electron chi connectivity index (χ4n) is 4.36. The Bertz CT molecular complexity index is 1610. The lowest BCUT2D eigenvalue weighted by molar-refractivity contribution is 0.0950. The third-order valence-electron chi connectivity index (χ3n) is 6.16. The summed E-state index contributed by atoms with van der Waals surface area (Å²) in [6.07, 6.45) is 3.49. The predicted molar refractivity (Wildman–Crippen MR) is 132 cm³/mol. The number of thiazole rings is 1. The zero-order valence-corrected chi connectivity index (χ0v) is 19.3. The summed E-state index contributed by atoms with van der Waals surface area (Å²) in [5.41, 5.74) is 1.28. The molecular weight excluding hydrogens is 452 g/mol. The van der Waals surface area contributed by atoms with E-state index < -0.39 is 5.91 Å². The lowest BCUT2D eigenvalue weighted by atomic mass is 10.1. The minimum absolute atomic E-state index is 0.129. The Morgan fingerprint density at radius 1 is 1.18 bits per heavy atom. The molecule has 0 spiro atoms. The first-order valence-electron chi connectivity index (χ1n) is 11.1. The molecule has 4 aromatic heterocycles. The Morgan fingerprint density at radius 3 is 2.79 bits per heavy atom. The Hall–Kier alpha value is -3.76. The van der Waals surface area contributed by atoms with Gasteiger partial charge >= 0.3 is 0 Å². The molecule has 1 amide bonds. The molecule has 1 aromatic carbocycles. The van der Waals surface area contributed by atoms with Crippen LogP contribution in [0.1, 0.15) is 16.2 Å². The second-order valence-corrected chi connectivity index (χ2v) is 9.22. The number of fused-ring (bicyclic) bond motifs is 5. The Balaban J connectivity index is 1.55. The predicted octanol–water partition coefficient (Wildman–Crippen LogP) is 2.56. The molecule has 0 bridgehead atoms. The van der Waals surface area contributed by atoms with Gasteiger partial charge in [-0.15, -0.1) is 11.3 Å². The topological polar surface area (TPSA) is 93.8 Å². The fraction of sp³-hybridized carbons (Fsp3) is 0.250. The highest BCUT2D eigenvalue weighted by Crippen LogP contribution is 2.31. The van der Waals surface area contributed by atoms with Crippen LogP contribution in [-0.4, -0.2) is 51.1 Å². The summed E-state index contributed by atoms with van der Waals surface area (Å²) in [6, 6.07) is 11.5. The van der Waals surface area contributed by atoms with E-state index >= 15 is 0 Å². The number of benzene rings is 1. The van der Waals surface area contributed by atoms with E-state index in [9.17, 15) is 9.59 Å². The zero-order valence-electron chi connectivity index (χ0n) is 18.5. The van der Waals surface area contributed by atoms with Crippen LogP contribution in [0.25, 0.3) is 26.1 Å². The molecule has 1 fully saturated rings. The fourth-order valence-corrected chi connectivity index (χ4v) is 5.54. The minimum atomic E-state index is -0.420. The molecule has 5 heterocycles. The number of anilines is 1. The van der Waals surface area contributed by atoms with E-state index in [-0.39, 0.29) is 17.5 Å². The first-order valence-corrected chi connectivity index (χ1v) is 11.9. The van der Waals surface area contributed by atoms with Gasteiger partial charge in [0.25, 0.3) is 5.91 Å². The maximum Gasteiger partial charge on any atom is 0.258 e. The molecule has 6 rings (SSSR count). The number of aromatic nitrogens is 4. The van der Waals surface area contributed by atoms with E-state index in [1.54, 1.807) is 12.3 Å². The summed E-state index contributed by atoms with van der Waals surface area (Å²) in [7, 11) is 1.86. The molecule has 0 saturated carbocycles. The molecule has 0 radical (unpaired) electrons. The summed E-state index contributed by atoms with van der Waals surface area (Å²) in [5.74, 6) is 1.08. The lowest BCUT2D eigenvalue weighted by Crippen LogP contribution is -2.36. The number of hydrogen-bond donors (Lipinski definition) is 1. The molecule has 10 heteroatoms. The van der Waals surface area contributed by atoms with Crippen LogP contribution in [-0.2, 0) is 18.3 Å². The third kappa shape index (κ3) is 3.34. The van der Waals surface area contributed by atoms with Gasteiger partial charge in [0, 0.05) is 32.5 Å². The standard InChI is InChI=1S/C24H22N6O3S/c1-28-9-8-25-19(28)14-26-23(32)20-21(31)15-6-7-18(29-10-12-33-13-11-29)27-22(15)30-16-4-2-3-5-17(16)34-24(20)30/h2-9H,10-14H2,1H3,(H,26,32). The third-order valence-corrected chi connectivity index (χ3v) is 7.31. The lowest BCUT2D eigenvalue weighted by Gasteiger charge is -2.27. The van der Waals surface area contributed by atoms with Crippen molar-refractivity contribution >= 4 is 49.1 Å². The Kier molecular flexibility index (Phi) is 5.04. The number of imidazole rings is 1. The van der Waals surface area contributed by atoms with E-state index in [4.69, 9.17) is 9.72 Å². The number of amides is 1. The van der Waals surface area contributed by atoms with Crippen LogP contribution in [0.5, 0.6) is 0 Å². The highest BCUT2D eigenvalue weighted by molar-refractivity contribution is 7.24. The van der Waals surface area contributed by atoms with Gasteiger partial charge in [-0.1, -0.05) is 12.1 Å². The smallest absolute Gasteiger partial charge is 0.258 e. The molecule has 0 atom stereocenters. The number of morpholine rings is 1. The van der Waals surface area contributed by atoms with Crippen molar-refractivity contribution in [3.8, 4) is 0 Å². The highest BCUT2D eigenvalue weighted by atomic mass is 32.1. The summed E-state index contributed by atoms with van der Waals surface area (Å²) in [4.78, 5) is 38.8. The maximum atomic E-state index is 13.6. The van der Waals surface area contributed by atoms with Gasteiger partial charge in [0.1, 0.15) is 22.0 Å². The molecule has 172 valence electrons. The van der Waals surface area contributed by atoms with Crippen molar-refractivity contribution in [3.63, 3.8) is 0 Å². The zero-order chi connectivity index (χ0) is 23.2. The summed E-state index contributed by atoms with van der Waals surface area (Å²) in [5, 5.41) is 3.29. The SMILES string of the molecule is Cn1ccnc1CNC(=O)c1c(=O)c2ccc(N3CCOCC3)nc2n2c1sc1ccccc12. The molecule has 1 aliphatic heterocycles. The van der Waals surface area contributed by atoms with Crippen molar-refractivity contribution in [2.24, 2.45) is 7.05 Å². The quantitative estimate of drug-likeness (QED) is 0.430. The highest BCUT2D eigenvalue weighted by Gasteiger charge is 2.24. The van der Waals surface area contributed by atoms with Gasteiger partial charge in [-0.2, -0.15) is 0 Å². The van der Waals surface area contributed by atoms with Crippen LogP contribution < -0.4 is 15.6 Å². The Labute approximate surface area is 198 Å². The van der Waals surface area contributed by atoms with Crippen LogP contribution in [0.15, 0.2) is 53.6 Å². The van der Waals surface area contributed by atoms with Crippen molar-refractivity contribution < 1.29 is 9.53 Å². The number of rotatable bonds is 4. The first kappa shape index (κ1) is 20.8. The first-order chi connectivity index (χ1) is 16.6. The van der Waals surface area contributed by atoms with E-state index in [1.165, 1.54) is 11.3 Å². The van der Waals surface area contributed by atoms with Crippen LogP contribution in [0.3, 0.4) is 0 Å². The van der Waals surface area contributed by atoms with Crippen LogP contribution in [0.4, 0.5) is 5.82 Å². The molecule has 1 aliphatic rings. The molecule has 0 unspecified atom stereocenters. The van der Waals surface area contributed by atoms with Gasteiger partial charge < -0.3 is 19.5 Å². The summed E-state index contributed by atoms with van der Waals surface area (Å²) < 4.78 is 10.2. The maximum absolute atomic E-state index is 13.6. The second-order valence-electron chi connectivity index (χ2n) is 8.19. The molecular formula is C24H22N6O3S. The van der Waals surface area contributed by atoms with Crippen LogP contribution in [0, 0.1) is 0 Å². The van der Waals surface area contributed by atoms with Crippen LogP contribution >= 0.6 is 11.3 Å². The van der Waals surface area contributed by atoms with Crippen molar-refractivity contribution in [1.29, 1.82) is 0 Å². The molecule has 1 saturated heterocycles. The molecule has 34 heavy (non-hydrogen) atoms. The van der Waals surface area contributed by atoms with Gasteiger partial charge in [-0.25, -0.2) is 9.97 Å². The number of ether oxygens (including phenoxy) is 1. The monoisotopic (exact) mass is 474 g/mol. The van der Waals surface area contributed by atoms with Gasteiger partial charge in [0.2, 0.25) is 5.43 Å². The molecule has 0 aliphatic carbocycles. The van der Waals surface area contributed by atoms with E-state index in [2.05, 4.69) is 15.2 Å². The minimum Gasteiger partial charge on any atom is -0.378 e. The number of aryl methyl sites for hydroxylation is 1. The van der Waals surface area contributed by atoms with Crippen molar-refractivity contribution in [3.05, 3.63) is 70.4 Å². The number of nitrogens with zero attached hydrogens (tertiary/aromatic N) is 5. The van der Waals surface area contributed by atoms with Gasteiger partial charge in [0.15, 0.2) is 5.65 Å².